The minimum atomic E-state index is -4.43. The van der Waals surface area contributed by atoms with Crippen molar-refractivity contribution in [2.75, 3.05) is 37.1 Å². The number of sulfonamides is 1. The number of rotatable bonds is 21. The Balaban J connectivity index is 1.71. The van der Waals surface area contributed by atoms with E-state index in [1.165, 1.54) is 64.5 Å². The number of halogens is 1. The van der Waals surface area contributed by atoms with Gasteiger partial charge in [0.2, 0.25) is 16.0 Å². The van der Waals surface area contributed by atoms with Crippen molar-refractivity contribution in [2.24, 2.45) is 5.41 Å². The summed E-state index contributed by atoms with van der Waals surface area (Å²) in [6, 6.07) is 11.0. The normalized spacial score (nSPS) is 12.8. The van der Waals surface area contributed by atoms with Crippen LogP contribution in [0.5, 0.6) is 11.5 Å². The van der Waals surface area contributed by atoms with E-state index in [0.29, 0.717) is 34.6 Å². The lowest BCUT2D eigenvalue weighted by atomic mass is 9.89. The third-order valence-corrected chi connectivity index (χ3v) is 12.5. The summed E-state index contributed by atoms with van der Waals surface area (Å²) in [5.74, 6) is 0.133. The standard InChI is InChI=1S/C40H56ClN5O7S2/c1-29-24-30(27-42-26-29)38-43-44-39(46(38)37-34(52-5)18-17-19-35(37)53-6)45(23-16-14-12-10-8-9-11-13-15-22-40(2,3)4)55(50,51)28-33(47)32-21-20-31(41)25-36(32)54(7,48)49/h17-21,24-27,33,47H,8-16,22-23,28H2,1-7H3/t33-/m0/s1. The molecule has 0 amide bonds. The third kappa shape index (κ3) is 12.1. The lowest BCUT2D eigenvalue weighted by molar-refractivity contribution is 0.198. The number of unbranched alkanes of at least 4 members (excludes halogenated alkanes) is 8. The summed E-state index contributed by atoms with van der Waals surface area (Å²) in [5, 5.41) is 20.5. The Bertz CT molecular complexity index is 2080. The summed E-state index contributed by atoms with van der Waals surface area (Å²) in [5.41, 5.74) is 2.07. The largest absolute Gasteiger partial charge is 0.494 e. The van der Waals surface area contributed by atoms with Gasteiger partial charge in [0.1, 0.15) is 17.2 Å². The lowest BCUT2D eigenvalue weighted by Gasteiger charge is -2.27. The van der Waals surface area contributed by atoms with Gasteiger partial charge in [-0.2, -0.15) is 0 Å². The molecule has 4 rings (SSSR count). The van der Waals surface area contributed by atoms with Gasteiger partial charge in [-0.05, 0) is 61.1 Å². The fourth-order valence-electron chi connectivity index (χ4n) is 6.56. The van der Waals surface area contributed by atoms with Crippen molar-refractivity contribution in [2.45, 2.75) is 103 Å². The number of sulfone groups is 1. The number of aryl methyl sites for hydroxylation is 1. The van der Waals surface area contributed by atoms with E-state index in [-0.39, 0.29) is 33.8 Å². The van der Waals surface area contributed by atoms with Gasteiger partial charge in [0.25, 0.3) is 0 Å². The predicted molar refractivity (Wildman–Crippen MR) is 219 cm³/mol. The van der Waals surface area contributed by atoms with Crippen molar-refractivity contribution >= 4 is 37.4 Å². The van der Waals surface area contributed by atoms with Gasteiger partial charge in [-0.25, -0.2) is 21.1 Å². The Morgan fingerprint density at radius 2 is 1.45 bits per heavy atom. The summed E-state index contributed by atoms with van der Waals surface area (Å²) in [7, 11) is -5.30. The van der Waals surface area contributed by atoms with Gasteiger partial charge in [-0.15, -0.1) is 10.2 Å². The van der Waals surface area contributed by atoms with Gasteiger partial charge in [-0.3, -0.25) is 9.55 Å². The maximum atomic E-state index is 14.6. The Morgan fingerprint density at radius 3 is 2.02 bits per heavy atom. The van der Waals surface area contributed by atoms with E-state index in [9.17, 15) is 21.9 Å². The molecule has 2 aromatic carbocycles. The number of nitrogens with zero attached hydrogens (tertiary/aromatic N) is 5. The number of para-hydroxylation sites is 1. The maximum absolute atomic E-state index is 14.6. The van der Waals surface area contributed by atoms with Gasteiger partial charge >= 0.3 is 0 Å². The number of methoxy groups -OCH3 is 2. The van der Waals surface area contributed by atoms with Crippen LogP contribution in [0.2, 0.25) is 5.02 Å². The van der Waals surface area contributed by atoms with Crippen LogP contribution < -0.4 is 13.8 Å². The Kier molecular flexibility index (Phi) is 15.5. The van der Waals surface area contributed by atoms with Crippen molar-refractivity contribution in [1.82, 2.24) is 19.7 Å². The highest BCUT2D eigenvalue weighted by molar-refractivity contribution is 7.92. The molecule has 0 aliphatic carbocycles. The number of anilines is 1. The van der Waals surface area contributed by atoms with Crippen LogP contribution >= 0.6 is 11.6 Å². The van der Waals surface area contributed by atoms with Crippen LogP contribution in [0.15, 0.2) is 59.8 Å². The number of hydrogen-bond acceptors (Lipinski definition) is 10. The molecule has 2 heterocycles. The van der Waals surface area contributed by atoms with Crippen molar-refractivity contribution < 1.29 is 31.4 Å². The first-order valence-electron chi connectivity index (χ1n) is 18.7. The van der Waals surface area contributed by atoms with E-state index < -0.39 is 31.7 Å². The van der Waals surface area contributed by atoms with Crippen LogP contribution in [0.1, 0.15) is 102 Å². The molecule has 12 nitrogen and oxygen atoms in total. The SMILES string of the molecule is COc1cccc(OC)c1-n1c(-c2cncc(C)c2)nnc1N(CCCCCCCCCCCC(C)(C)C)S(=O)(=O)C[C@H](O)c1ccc(Cl)cc1S(C)(=O)=O. The second-order valence-corrected chi connectivity index (χ2v) is 19.6. The summed E-state index contributed by atoms with van der Waals surface area (Å²) in [6.07, 6.45) is 13.0. The minimum absolute atomic E-state index is 0.0169. The fourth-order valence-corrected chi connectivity index (χ4v) is 9.30. The van der Waals surface area contributed by atoms with Crippen LogP contribution in [0.4, 0.5) is 5.95 Å². The van der Waals surface area contributed by atoms with Crippen molar-refractivity contribution in [3.8, 4) is 28.6 Å². The molecule has 0 saturated carbocycles. The molecular weight excluding hydrogens is 762 g/mol. The van der Waals surface area contributed by atoms with Crippen molar-refractivity contribution in [3.63, 3.8) is 0 Å². The summed E-state index contributed by atoms with van der Waals surface area (Å²) in [4.78, 5) is 4.09. The maximum Gasteiger partial charge on any atom is 0.246 e. The molecule has 15 heteroatoms. The molecule has 4 aromatic rings. The van der Waals surface area contributed by atoms with Gasteiger partial charge in [0.15, 0.2) is 15.7 Å². The molecule has 0 aliphatic heterocycles. The van der Waals surface area contributed by atoms with E-state index in [0.717, 1.165) is 41.8 Å². The number of benzene rings is 2. The van der Waals surface area contributed by atoms with E-state index in [1.807, 2.05) is 13.0 Å². The first-order chi connectivity index (χ1) is 26.0. The molecule has 0 spiro atoms. The Hall–Kier alpha value is -3.72. The number of ether oxygens (including phenoxy) is 2. The first-order valence-corrected chi connectivity index (χ1v) is 22.6. The van der Waals surface area contributed by atoms with Crippen molar-refractivity contribution in [3.05, 3.63) is 71.0 Å². The number of aliphatic hydroxyl groups is 1. The van der Waals surface area contributed by atoms with Crippen LogP contribution in [0.3, 0.4) is 0 Å². The van der Waals surface area contributed by atoms with Crippen LogP contribution in [0, 0.1) is 12.3 Å². The molecule has 0 unspecified atom stereocenters. The fraction of sp³-hybridized carbons (Fsp3) is 0.525. The average Bonchev–Trinajstić information content (AvgIpc) is 3.54. The summed E-state index contributed by atoms with van der Waals surface area (Å²) >= 11 is 6.11. The zero-order valence-electron chi connectivity index (χ0n) is 33.1. The van der Waals surface area contributed by atoms with E-state index in [4.69, 9.17) is 21.1 Å². The van der Waals surface area contributed by atoms with Crippen molar-refractivity contribution in [1.29, 1.82) is 0 Å². The zero-order valence-corrected chi connectivity index (χ0v) is 35.5. The average molecular weight is 819 g/mol. The van der Waals surface area contributed by atoms with E-state index >= 15 is 0 Å². The second-order valence-electron chi connectivity index (χ2n) is 15.2. The molecule has 55 heavy (non-hydrogen) atoms. The van der Waals surface area contributed by atoms with E-state index in [2.05, 4.69) is 36.0 Å². The number of pyridine rings is 1. The number of aliphatic hydroxyl groups excluding tert-OH is 1. The molecule has 302 valence electrons. The van der Waals surface area contributed by atoms with Gasteiger partial charge in [0, 0.05) is 41.3 Å². The van der Waals surface area contributed by atoms with Gasteiger partial charge < -0.3 is 14.6 Å². The predicted octanol–water partition coefficient (Wildman–Crippen LogP) is 8.53. The highest BCUT2D eigenvalue weighted by Gasteiger charge is 2.34. The molecule has 0 fully saturated rings. The molecule has 0 saturated heterocycles. The van der Waals surface area contributed by atoms with Gasteiger partial charge in [0.05, 0.1) is 31.0 Å². The smallest absolute Gasteiger partial charge is 0.246 e. The quantitative estimate of drug-likeness (QED) is 0.0810. The topological polar surface area (TPSA) is 154 Å². The molecule has 0 radical (unpaired) electrons. The monoisotopic (exact) mass is 817 g/mol. The zero-order chi connectivity index (χ0) is 40.4. The molecule has 1 N–H and O–H groups in total. The van der Waals surface area contributed by atoms with Crippen LogP contribution in [-0.2, 0) is 19.9 Å². The second kappa shape index (κ2) is 19.4. The summed E-state index contributed by atoms with van der Waals surface area (Å²) in [6.45, 7) is 8.72. The molecular formula is C40H56ClN5O7S2. The molecule has 0 bridgehead atoms. The molecule has 2 aromatic heterocycles. The number of hydrogen-bond donors (Lipinski definition) is 1. The molecule has 1 atom stereocenters. The number of aromatic nitrogens is 4. The molecule has 0 aliphatic rings. The van der Waals surface area contributed by atoms with Crippen LogP contribution in [0.25, 0.3) is 17.1 Å². The third-order valence-electron chi connectivity index (χ3n) is 9.35. The van der Waals surface area contributed by atoms with E-state index in [1.54, 1.807) is 35.2 Å². The van der Waals surface area contributed by atoms with Crippen LogP contribution in [-0.4, -0.2) is 74.5 Å². The first kappa shape index (κ1) is 44.0. The highest BCUT2D eigenvalue weighted by Crippen LogP contribution is 2.39. The van der Waals surface area contributed by atoms with Gasteiger partial charge in [-0.1, -0.05) is 95.9 Å². The Labute approximate surface area is 332 Å². The lowest BCUT2D eigenvalue weighted by Crippen LogP contribution is -2.38. The Morgan fingerprint density at radius 1 is 0.855 bits per heavy atom. The highest BCUT2D eigenvalue weighted by atomic mass is 35.5. The summed E-state index contributed by atoms with van der Waals surface area (Å²) < 4.78 is 68.9. The minimum Gasteiger partial charge on any atom is -0.494 e.